The third-order valence-electron chi connectivity index (χ3n) is 3.50. The van der Waals surface area contributed by atoms with E-state index in [0.717, 1.165) is 17.2 Å². The van der Waals surface area contributed by atoms with Crippen molar-refractivity contribution >= 4 is 49.9 Å². The van der Waals surface area contributed by atoms with Crippen LogP contribution < -0.4 is 9.64 Å². The summed E-state index contributed by atoms with van der Waals surface area (Å²) >= 11 is 4.87. The Labute approximate surface area is 158 Å². The molecule has 2 aromatic heterocycles. The van der Waals surface area contributed by atoms with Crippen molar-refractivity contribution in [3.8, 4) is 5.75 Å². The predicted octanol–water partition coefficient (Wildman–Crippen LogP) is 5.26. The van der Waals surface area contributed by atoms with Crippen molar-refractivity contribution < 1.29 is 9.53 Å². The molecule has 1 aromatic carbocycles. The maximum Gasteiger partial charge on any atom is 0.308 e. The van der Waals surface area contributed by atoms with Gasteiger partial charge in [0.25, 0.3) is 0 Å². The first-order valence-corrected chi connectivity index (χ1v) is 9.38. The van der Waals surface area contributed by atoms with E-state index in [-0.39, 0.29) is 5.97 Å². The van der Waals surface area contributed by atoms with E-state index < -0.39 is 0 Å². The van der Waals surface area contributed by atoms with Gasteiger partial charge in [-0.05, 0) is 40.0 Å². The van der Waals surface area contributed by atoms with Crippen molar-refractivity contribution in [2.75, 3.05) is 4.90 Å². The molecule has 25 heavy (non-hydrogen) atoms. The first kappa shape index (κ1) is 17.6. The van der Waals surface area contributed by atoms with Gasteiger partial charge in [-0.1, -0.05) is 19.1 Å². The first-order chi connectivity index (χ1) is 12.1. The minimum Gasteiger partial charge on any atom is -0.425 e. The lowest BCUT2D eigenvalue weighted by molar-refractivity contribution is -0.131. The number of thiazole rings is 1. The highest BCUT2D eigenvalue weighted by Crippen LogP contribution is 2.37. The van der Waals surface area contributed by atoms with Crippen LogP contribution >= 0.6 is 27.3 Å². The van der Waals surface area contributed by atoms with E-state index >= 15 is 0 Å². The molecule has 0 fully saturated rings. The van der Waals surface area contributed by atoms with Gasteiger partial charge in [-0.25, -0.2) is 9.97 Å². The van der Waals surface area contributed by atoms with Crippen molar-refractivity contribution in [3.63, 3.8) is 0 Å². The average molecular weight is 418 g/mol. The van der Waals surface area contributed by atoms with Gasteiger partial charge in [-0.15, -0.1) is 11.3 Å². The van der Waals surface area contributed by atoms with Crippen molar-refractivity contribution in [2.45, 2.75) is 20.3 Å². The number of hydrogen-bond acceptors (Lipinski definition) is 6. The Kier molecular flexibility index (Phi) is 5.45. The van der Waals surface area contributed by atoms with Crippen LogP contribution in [0, 0.1) is 0 Å². The van der Waals surface area contributed by atoms with Crippen LogP contribution in [0.3, 0.4) is 0 Å². The molecule has 0 aliphatic heterocycles. The zero-order chi connectivity index (χ0) is 17.8. The van der Waals surface area contributed by atoms with Gasteiger partial charge in [0.1, 0.15) is 11.6 Å². The molecule has 7 heteroatoms. The average Bonchev–Trinajstić information content (AvgIpc) is 3.12. The SMILES string of the molecule is CCc1ccc(N(c2cc(OC(C)=O)c(Br)cn2)c2nccs2)cc1. The highest BCUT2D eigenvalue weighted by Gasteiger charge is 2.18. The lowest BCUT2D eigenvalue weighted by Gasteiger charge is -2.22. The number of nitrogens with zero attached hydrogens (tertiary/aromatic N) is 3. The number of benzene rings is 1. The van der Waals surface area contributed by atoms with Gasteiger partial charge in [0.05, 0.1) is 4.47 Å². The summed E-state index contributed by atoms with van der Waals surface area (Å²) in [7, 11) is 0. The van der Waals surface area contributed by atoms with Gasteiger partial charge in [0.15, 0.2) is 5.13 Å². The summed E-state index contributed by atoms with van der Waals surface area (Å²) in [5.41, 5.74) is 2.20. The maximum absolute atomic E-state index is 11.3. The topological polar surface area (TPSA) is 55.3 Å². The van der Waals surface area contributed by atoms with Crippen molar-refractivity contribution in [3.05, 3.63) is 58.1 Å². The molecule has 0 unspecified atom stereocenters. The highest BCUT2D eigenvalue weighted by molar-refractivity contribution is 9.10. The smallest absolute Gasteiger partial charge is 0.308 e. The molecular weight excluding hydrogens is 402 g/mol. The van der Waals surface area contributed by atoms with Crippen LogP contribution in [0.5, 0.6) is 5.75 Å². The summed E-state index contributed by atoms with van der Waals surface area (Å²) in [6.45, 7) is 3.49. The third-order valence-corrected chi connectivity index (χ3v) is 4.85. The Bertz CT molecular complexity index is 867. The number of ether oxygens (including phenoxy) is 1. The molecule has 0 bridgehead atoms. The second-order valence-corrected chi connectivity index (χ2v) is 6.96. The largest absolute Gasteiger partial charge is 0.425 e. The summed E-state index contributed by atoms with van der Waals surface area (Å²) < 4.78 is 5.87. The highest BCUT2D eigenvalue weighted by atomic mass is 79.9. The molecule has 0 spiro atoms. The monoisotopic (exact) mass is 417 g/mol. The number of esters is 1. The Balaban J connectivity index is 2.07. The van der Waals surface area contributed by atoms with E-state index in [4.69, 9.17) is 4.74 Å². The summed E-state index contributed by atoms with van der Waals surface area (Å²) in [4.78, 5) is 22.1. The van der Waals surface area contributed by atoms with Crippen molar-refractivity contribution in [2.24, 2.45) is 0 Å². The fraction of sp³-hybridized carbons (Fsp3) is 0.167. The second-order valence-electron chi connectivity index (χ2n) is 5.24. The maximum atomic E-state index is 11.3. The molecular formula is C18H16BrN3O2S. The fourth-order valence-corrected chi connectivity index (χ4v) is 3.28. The predicted molar refractivity (Wildman–Crippen MR) is 103 cm³/mol. The van der Waals surface area contributed by atoms with Crippen molar-refractivity contribution in [1.82, 2.24) is 9.97 Å². The lowest BCUT2D eigenvalue weighted by atomic mass is 10.1. The minimum atomic E-state index is -0.383. The molecule has 128 valence electrons. The van der Waals surface area contributed by atoms with Crippen LogP contribution in [0.1, 0.15) is 19.4 Å². The molecule has 0 aliphatic rings. The molecule has 0 atom stereocenters. The molecule has 0 radical (unpaired) electrons. The summed E-state index contributed by atoms with van der Waals surface area (Å²) in [6.07, 6.45) is 4.35. The summed E-state index contributed by atoms with van der Waals surface area (Å²) in [5.74, 6) is 0.661. The lowest BCUT2D eigenvalue weighted by Crippen LogP contribution is -2.12. The molecule has 0 aliphatic carbocycles. The van der Waals surface area contributed by atoms with E-state index in [0.29, 0.717) is 16.0 Å². The number of carbonyl (C=O) groups excluding carboxylic acids is 1. The Hall–Kier alpha value is -2.25. The van der Waals surface area contributed by atoms with Crippen LogP contribution in [0.25, 0.3) is 0 Å². The molecule has 3 aromatic rings. The fourth-order valence-electron chi connectivity index (χ4n) is 2.31. The number of hydrogen-bond donors (Lipinski definition) is 0. The van der Waals surface area contributed by atoms with Gasteiger partial charge >= 0.3 is 5.97 Å². The Morgan fingerprint density at radius 3 is 2.64 bits per heavy atom. The van der Waals surface area contributed by atoms with Gasteiger partial charge in [-0.3, -0.25) is 9.69 Å². The first-order valence-electron chi connectivity index (χ1n) is 7.71. The Morgan fingerprint density at radius 1 is 1.28 bits per heavy atom. The number of rotatable bonds is 5. The Morgan fingerprint density at radius 2 is 2.04 bits per heavy atom. The quantitative estimate of drug-likeness (QED) is 0.530. The van der Waals surface area contributed by atoms with E-state index in [9.17, 15) is 4.79 Å². The zero-order valence-electron chi connectivity index (χ0n) is 13.8. The minimum absolute atomic E-state index is 0.383. The number of aryl methyl sites for hydroxylation is 1. The molecule has 0 saturated carbocycles. The third kappa shape index (κ3) is 4.05. The molecule has 2 heterocycles. The van der Waals surface area contributed by atoms with Gasteiger partial charge < -0.3 is 4.74 Å². The van der Waals surface area contributed by atoms with Crippen LogP contribution in [-0.2, 0) is 11.2 Å². The number of pyridine rings is 1. The summed E-state index contributed by atoms with van der Waals surface area (Å²) in [5, 5.41) is 2.70. The van der Waals surface area contributed by atoms with Crippen molar-refractivity contribution in [1.29, 1.82) is 0 Å². The van der Waals surface area contributed by atoms with Gasteiger partial charge in [0.2, 0.25) is 0 Å². The molecule has 0 N–H and O–H groups in total. The van der Waals surface area contributed by atoms with Crippen LogP contribution in [0.4, 0.5) is 16.6 Å². The molecule has 5 nitrogen and oxygen atoms in total. The number of anilines is 3. The number of halogens is 1. The normalized spacial score (nSPS) is 10.5. The van der Waals surface area contributed by atoms with Gasteiger partial charge in [0, 0.05) is 36.5 Å². The van der Waals surface area contributed by atoms with E-state index in [1.54, 1.807) is 18.5 Å². The van der Waals surface area contributed by atoms with E-state index in [1.165, 1.54) is 23.8 Å². The second kappa shape index (κ2) is 7.76. The standard InChI is InChI=1S/C18H16BrN3O2S/c1-3-13-4-6-14(7-5-13)22(18-20-8-9-25-18)17-10-16(24-12(2)23)15(19)11-21-17/h4-11H,3H2,1-2H3. The van der Waals surface area contributed by atoms with Crippen LogP contribution in [-0.4, -0.2) is 15.9 Å². The number of carbonyl (C=O) groups is 1. The molecule has 3 rings (SSSR count). The molecule has 0 amide bonds. The van der Waals surface area contributed by atoms with E-state index in [1.807, 2.05) is 22.4 Å². The zero-order valence-corrected chi connectivity index (χ0v) is 16.2. The number of aromatic nitrogens is 2. The van der Waals surface area contributed by atoms with Crippen LogP contribution in [0.2, 0.25) is 0 Å². The van der Waals surface area contributed by atoms with E-state index in [2.05, 4.69) is 45.0 Å². The molecule has 0 saturated heterocycles. The van der Waals surface area contributed by atoms with Gasteiger partial charge in [-0.2, -0.15) is 0 Å². The van der Waals surface area contributed by atoms with Crippen LogP contribution in [0.15, 0.2) is 52.6 Å². The summed E-state index contributed by atoms with van der Waals surface area (Å²) in [6, 6.07) is 9.97.